The molecule has 0 aliphatic heterocycles. The highest BCUT2D eigenvalue weighted by Crippen LogP contribution is 2.54. The molecule has 0 radical (unpaired) electrons. The largest absolute Gasteiger partial charge is 0.272 e. The van der Waals surface area contributed by atoms with E-state index in [1.54, 1.807) is 7.05 Å². The molecule has 0 unspecified atom stereocenters. The molecule has 2 fully saturated rings. The van der Waals surface area contributed by atoms with Crippen molar-refractivity contribution in [1.82, 2.24) is 0 Å². The zero-order valence-electron chi connectivity index (χ0n) is 12.7. The van der Waals surface area contributed by atoms with Gasteiger partial charge in [0.05, 0.1) is 11.1 Å². The quantitative estimate of drug-likeness (QED) is 0.272. The van der Waals surface area contributed by atoms with E-state index in [9.17, 15) is 0 Å². The van der Waals surface area contributed by atoms with Crippen LogP contribution in [-0.4, -0.2) is 12.9 Å². The standard InChI is InChI=1S/C17H22ClN3/c1-4-6-15(7-5-12-18)17(10-11-17)16(19-3)21-20-13(2)14-8-9-14/h4-7,12,14H,2,8-11H2,1,3H3/b6-4-,12-5+,15-7+,19-16-,21-20-. The summed E-state index contributed by atoms with van der Waals surface area (Å²) in [6.45, 7) is 5.99. The van der Waals surface area contributed by atoms with Gasteiger partial charge in [0.15, 0.2) is 5.84 Å². The number of azo groups is 1. The Hall–Kier alpha value is -1.48. The topological polar surface area (TPSA) is 37.1 Å². The van der Waals surface area contributed by atoms with Gasteiger partial charge in [0.1, 0.15) is 0 Å². The average molecular weight is 304 g/mol. The summed E-state index contributed by atoms with van der Waals surface area (Å²) in [6, 6.07) is 0. The molecule has 2 saturated carbocycles. The number of aliphatic imine (C=N–C) groups is 1. The van der Waals surface area contributed by atoms with Crippen molar-refractivity contribution in [3.05, 3.63) is 47.7 Å². The molecular weight excluding hydrogens is 282 g/mol. The molecule has 0 amide bonds. The van der Waals surface area contributed by atoms with Crippen molar-refractivity contribution in [2.24, 2.45) is 26.6 Å². The van der Waals surface area contributed by atoms with Gasteiger partial charge in [-0.25, -0.2) is 0 Å². The summed E-state index contributed by atoms with van der Waals surface area (Å²) in [6.07, 6.45) is 12.4. The van der Waals surface area contributed by atoms with Crippen molar-refractivity contribution in [1.29, 1.82) is 0 Å². The van der Waals surface area contributed by atoms with Crippen LogP contribution in [0.15, 0.2) is 62.9 Å². The summed E-state index contributed by atoms with van der Waals surface area (Å²) in [5.41, 5.74) is 3.46. The zero-order chi connectivity index (χ0) is 15.3. The Morgan fingerprint density at radius 3 is 2.48 bits per heavy atom. The molecule has 3 nitrogen and oxygen atoms in total. The molecule has 2 rings (SSSR count). The van der Waals surface area contributed by atoms with Crippen LogP contribution in [0.2, 0.25) is 0 Å². The van der Waals surface area contributed by atoms with Crippen molar-refractivity contribution in [2.45, 2.75) is 32.6 Å². The van der Waals surface area contributed by atoms with E-state index in [-0.39, 0.29) is 5.41 Å². The van der Waals surface area contributed by atoms with E-state index in [1.807, 2.05) is 25.2 Å². The molecule has 2 aliphatic rings. The van der Waals surface area contributed by atoms with Crippen molar-refractivity contribution in [3.63, 3.8) is 0 Å². The molecular formula is C17H22ClN3. The number of hydrogen-bond donors (Lipinski definition) is 0. The number of halogens is 1. The maximum absolute atomic E-state index is 5.64. The predicted molar refractivity (Wildman–Crippen MR) is 89.6 cm³/mol. The molecule has 21 heavy (non-hydrogen) atoms. The molecule has 0 spiro atoms. The first-order chi connectivity index (χ1) is 10.2. The highest BCUT2D eigenvalue weighted by molar-refractivity contribution is 6.25. The first-order valence-electron chi connectivity index (χ1n) is 7.36. The lowest BCUT2D eigenvalue weighted by Gasteiger charge is -2.15. The molecule has 112 valence electrons. The van der Waals surface area contributed by atoms with Gasteiger partial charge in [0.25, 0.3) is 0 Å². The third-order valence-corrected chi connectivity index (χ3v) is 4.10. The van der Waals surface area contributed by atoms with Crippen LogP contribution < -0.4 is 0 Å². The average Bonchev–Trinajstić information content (AvgIpc) is 3.37. The van der Waals surface area contributed by atoms with Crippen molar-refractivity contribution in [2.75, 3.05) is 7.05 Å². The van der Waals surface area contributed by atoms with Crippen LogP contribution in [0.1, 0.15) is 32.6 Å². The van der Waals surface area contributed by atoms with Crippen LogP contribution in [0.4, 0.5) is 0 Å². The molecule has 4 heteroatoms. The second kappa shape index (κ2) is 6.99. The molecule has 0 heterocycles. The van der Waals surface area contributed by atoms with Gasteiger partial charge in [0, 0.05) is 18.5 Å². The Labute approximate surface area is 131 Å². The third kappa shape index (κ3) is 3.79. The van der Waals surface area contributed by atoms with E-state index in [1.165, 1.54) is 23.9 Å². The first kappa shape index (κ1) is 15.9. The van der Waals surface area contributed by atoms with Crippen LogP contribution in [0.5, 0.6) is 0 Å². The molecule has 0 N–H and O–H groups in total. The van der Waals surface area contributed by atoms with E-state index in [0.29, 0.717) is 5.92 Å². The van der Waals surface area contributed by atoms with Gasteiger partial charge in [-0.05, 0) is 38.2 Å². The van der Waals surface area contributed by atoms with Gasteiger partial charge in [-0.3, -0.25) is 4.99 Å². The van der Waals surface area contributed by atoms with Crippen molar-refractivity contribution < 1.29 is 0 Å². The zero-order valence-corrected chi connectivity index (χ0v) is 13.5. The Balaban J connectivity index is 2.21. The van der Waals surface area contributed by atoms with Gasteiger partial charge in [-0.1, -0.05) is 42.5 Å². The fraction of sp³-hybridized carbons (Fsp3) is 0.471. The maximum atomic E-state index is 5.64. The molecule has 0 bridgehead atoms. The van der Waals surface area contributed by atoms with Crippen molar-refractivity contribution in [3.8, 4) is 0 Å². The van der Waals surface area contributed by atoms with Gasteiger partial charge in [-0.2, -0.15) is 5.11 Å². The number of allylic oxidation sites excluding steroid dienone is 5. The summed E-state index contributed by atoms with van der Waals surface area (Å²) in [7, 11) is 1.78. The summed E-state index contributed by atoms with van der Waals surface area (Å²) < 4.78 is 0. The van der Waals surface area contributed by atoms with Gasteiger partial charge >= 0.3 is 0 Å². The molecule has 2 aliphatic carbocycles. The summed E-state index contributed by atoms with van der Waals surface area (Å²) in [5.74, 6) is 1.32. The van der Waals surface area contributed by atoms with E-state index in [0.717, 1.165) is 24.4 Å². The maximum Gasteiger partial charge on any atom is 0.156 e. The van der Waals surface area contributed by atoms with Crippen LogP contribution in [-0.2, 0) is 0 Å². The second-order valence-electron chi connectivity index (χ2n) is 5.54. The molecule has 0 saturated heterocycles. The minimum absolute atomic E-state index is 0.106. The second-order valence-corrected chi connectivity index (χ2v) is 5.79. The van der Waals surface area contributed by atoms with Gasteiger partial charge < -0.3 is 0 Å². The summed E-state index contributed by atoms with van der Waals surface area (Å²) in [4.78, 5) is 4.37. The fourth-order valence-corrected chi connectivity index (χ4v) is 2.50. The van der Waals surface area contributed by atoms with Gasteiger partial charge in [0.2, 0.25) is 0 Å². The Bertz CT molecular complexity index is 544. The Morgan fingerprint density at radius 2 is 2.00 bits per heavy atom. The molecule has 0 aromatic heterocycles. The van der Waals surface area contributed by atoms with E-state index in [4.69, 9.17) is 11.6 Å². The lowest BCUT2D eigenvalue weighted by Crippen LogP contribution is -2.15. The predicted octanol–water partition coefficient (Wildman–Crippen LogP) is 5.43. The SMILES string of the molecule is C=C(/N=N\C(=N/C)C1(C(/C=C\C)=C/C=C/Cl)CC1)C1CC1. The van der Waals surface area contributed by atoms with Crippen LogP contribution in [0.3, 0.4) is 0 Å². The lowest BCUT2D eigenvalue weighted by molar-refractivity contribution is 0.831. The number of nitrogens with zero attached hydrogens (tertiary/aromatic N) is 3. The molecule has 0 atom stereocenters. The number of amidine groups is 1. The molecule has 0 aromatic rings. The smallest absolute Gasteiger partial charge is 0.156 e. The van der Waals surface area contributed by atoms with Crippen LogP contribution >= 0.6 is 11.6 Å². The van der Waals surface area contributed by atoms with Crippen molar-refractivity contribution >= 4 is 17.4 Å². The highest BCUT2D eigenvalue weighted by atomic mass is 35.5. The number of rotatable bonds is 6. The monoisotopic (exact) mass is 303 g/mol. The Kier molecular flexibility index (Phi) is 5.29. The summed E-state index contributed by atoms with van der Waals surface area (Å²) in [5, 5.41) is 8.68. The molecule has 0 aromatic carbocycles. The van der Waals surface area contributed by atoms with E-state index >= 15 is 0 Å². The summed E-state index contributed by atoms with van der Waals surface area (Å²) >= 11 is 5.64. The van der Waals surface area contributed by atoms with Crippen LogP contribution in [0.25, 0.3) is 0 Å². The minimum Gasteiger partial charge on any atom is -0.272 e. The van der Waals surface area contributed by atoms with E-state index < -0.39 is 0 Å². The van der Waals surface area contributed by atoms with Gasteiger partial charge in [-0.15, -0.1) is 5.11 Å². The van der Waals surface area contributed by atoms with Crippen LogP contribution in [0, 0.1) is 11.3 Å². The first-order valence-corrected chi connectivity index (χ1v) is 7.79. The minimum atomic E-state index is -0.106. The highest BCUT2D eigenvalue weighted by Gasteiger charge is 2.50. The normalized spacial score (nSPS) is 22.6. The Morgan fingerprint density at radius 1 is 1.29 bits per heavy atom. The van der Waals surface area contributed by atoms with E-state index in [2.05, 4.69) is 27.9 Å². The fourth-order valence-electron chi connectivity index (χ4n) is 2.42. The third-order valence-electron chi connectivity index (χ3n) is 3.96. The lowest BCUT2D eigenvalue weighted by atomic mass is 9.93. The number of hydrogen-bond acceptors (Lipinski definition) is 2.